The Hall–Kier alpha value is -4.94. The summed E-state index contributed by atoms with van der Waals surface area (Å²) in [6.07, 6.45) is -0.495. The smallest absolute Gasteiger partial charge is 0.252 e. The van der Waals surface area contributed by atoms with Crippen LogP contribution < -0.4 is 20.9 Å². The Bertz CT molecular complexity index is 1700. The van der Waals surface area contributed by atoms with E-state index in [0.29, 0.717) is 46.9 Å². The minimum Gasteiger partial charge on any atom is -0.395 e. The van der Waals surface area contributed by atoms with E-state index in [9.17, 15) is 18.8 Å². The molecule has 0 aliphatic carbocycles. The number of hydrogen-bond acceptors (Lipinski definition) is 6. The Morgan fingerprint density at radius 2 is 1.77 bits per heavy atom. The number of aliphatic hydroxyl groups is 1. The first kappa shape index (κ1) is 29.5. The molecule has 0 saturated carbocycles. The molecule has 0 unspecified atom stereocenters. The molecular formula is C31H30F2N6O4. The molecule has 1 aliphatic rings. The predicted octanol–water partition coefficient (Wildman–Crippen LogP) is 3.65. The number of aryl methyl sites for hydroxylation is 1. The van der Waals surface area contributed by atoms with Gasteiger partial charge in [0, 0.05) is 54.9 Å². The van der Waals surface area contributed by atoms with E-state index >= 15 is 4.39 Å². The number of hydrogen-bond donors (Lipinski definition) is 5. The average Bonchev–Trinajstić information content (AvgIpc) is 3.55. The molecule has 0 bridgehead atoms. The molecular weight excluding hydrogens is 558 g/mol. The first-order chi connectivity index (χ1) is 20.7. The zero-order chi connectivity index (χ0) is 30.7. The van der Waals surface area contributed by atoms with Crippen LogP contribution in [0.15, 0.2) is 54.6 Å². The Morgan fingerprint density at radius 1 is 1.05 bits per heavy atom. The number of halogens is 2. The summed E-state index contributed by atoms with van der Waals surface area (Å²) in [6, 6.07) is 12.9. The van der Waals surface area contributed by atoms with E-state index in [-0.39, 0.29) is 30.3 Å². The molecule has 0 atom stereocenters. The second-order valence-electron chi connectivity index (χ2n) is 10.1. The number of H-pyrrole nitrogens is 1. The van der Waals surface area contributed by atoms with Gasteiger partial charge < -0.3 is 30.9 Å². The van der Waals surface area contributed by atoms with Crippen molar-refractivity contribution in [2.45, 2.75) is 26.4 Å². The van der Waals surface area contributed by atoms with Crippen molar-refractivity contribution in [1.82, 2.24) is 20.6 Å². The van der Waals surface area contributed by atoms with E-state index in [1.165, 1.54) is 48.3 Å². The van der Waals surface area contributed by atoms with Gasteiger partial charge >= 0.3 is 0 Å². The average molecular weight is 589 g/mol. The zero-order valence-corrected chi connectivity index (χ0v) is 23.6. The lowest BCUT2D eigenvalue weighted by molar-refractivity contribution is -0.125. The SMILES string of the molecule is Cc1[nH]c(-c2ccc(-c3ccc(NC(=O)CC(=O)N(C)c4ccc(F)cc4)cc3F)c3c2C(=O)NC3)nc1CNCCO. The van der Waals surface area contributed by atoms with E-state index in [1.807, 2.05) is 6.92 Å². The fraction of sp³-hybridized carbons (Fsp3) is 0.226. The maximum Gasteiger partial charge on any atom is 0.252 e. The van der Waals surface area contributed by atoms with Gasteiger partial charge in [0.15, 0.2) is 0 Å². The second kappa shape index (κ2) is 12.5. The monoisotopic (exact) mass is 588 g/mol. The highest BCUT2D eigenvalue weighted by atomic mass is 19.1. The topological polar surface area (TPSA) is 139 Å². The van der Waals surface area contributed by atoms with Crippen LogP contribution in [0.2, 0.25) is 0 Å². The molecule has 0 radical (unpaired) electrons. The zero-order valence-electron chi connectivity index (χ0n) is 23.6. The van der Waals surface area contributed by atoms with E-state index in [0.717, 1.165) is 17.5 Å². The van der Waals surface area contributed by atoms with Crippen molar-refractivity contribution in [3.63, 3.8) is 0 Å². The minimum atomic E-state index is -0.633. The molecule has 5 rings (SSSR count). The van der Waals surface area contributed by atoms with Gasteiger partial charge in [-0.2, -0.15) is 0 Å². The Kier molecular flexibility index (Phi) is 8.60. The number of aliphatic hydroxyl groups excluding tert-OH is 1. The summed E-state index contributed by atoms with van der Waals surface area (Å²) in [5.41, 5.74) is 4.56. The number of aromatic amines is 1. The van der Waals surface area contributed by atoms with Crippen molar-refractivity contribution in [3.05, 3.63) is 88.7 Å². The number of rotatable bonds is 10. The highest BCUT2D eigenvalue weighted by Crippen LogP contribution is 2.37. The number of carbonyl (C=O) groups is 3. The standard InChI is InChI=1S/C31H30F2N6O4/c1-17-26(16-34-11-12-40)38-30(36-17)23-10-9-21(24-15-35-31(43)29(23)24)22-8-5-19(13-25(22)33)37-27(41)14-28(42)39(2)20-6-3-18(32)4-7-20/h3-10,13,34,40H,11-12,14-16H2,1-2H3,(H,35,43)(H,36,38)(H,37,41). The fourth-order valence-corrected chi connectivity index (χ4v) is 4.96. The van der Waals surface area contributed by atoms with Crippen LogP contribution in [-0.2, 0) is 22.7 Å². The molecule has 4 aromatic rings. The van der Waals surface area contributed by atoms with Crippen molar-refractivity contribution in [1.29, 1.82) is 0 Å². The quantitative estimate of drug-likeness (QED) is 0.142. The molecule has 10 nitrogen and oxygen atoms in total. The molecule has 1 aromatic heterocycles. The summed E-state index contributed by atoms with van der Waals surface area (Å²) in [5.74, 6) is -1.99. The van der Waals surface area contributed by atoms with Crippen LogP contribution in [0.25, 0.3) is 22.5 Å². The maximum atomic E-state index is 15.4. The van der Waals surface area contributed by atoms with Crippen molar-refractivity contribution in [3.8, 4) is 22.5 Å². The normalized spacial score (nSPS) is 12.2. The number of anilines is 2. The van der Waals surface area contributed by atoms with E-state index in [1.54, 1.807) is 12.1 Å². The summed E-state index contributed by atoms with van der Waals surface area (Å²) in [6.45, 7) is 2.96. The first-order valence-corrected chi connectivity index (χ1v) is 13.6. The first-order valence-electron chi connectivity index (χ1n) is 13.6. The van der Waals surface area contributed by atoms with Crippen LogP contribution in [0.5, 0.6) is 0 Å². The van der Waals surface area contributed by atoms with Crippen LogP contribution in [0.4, 0.5) is 20.2 Å². The van der Waals surface area contributed by atoms with Gasteiger partial charge in [-0.25, -0.2) is 13.8 Å². The molecule has 0 saturated heterocycles. The highest BCUT2D eigenvalue weighted by Gasteiger charge is 2.29. The molecule has 1 aliphatic heterocycles. The lowest BCUT2D eigenvalue weighted by Gasteiger charge is -2.17. The van der Waals surface area contributed by atoms with Gasteiger partial charge in [-0.1, -0.05) is 6.07 Å². The van der Waals surface area contributed by atoms with Gasteiger partial charge in [-0.15, -0.1) is 0 Å². The van der Waals surface area contributed by atoms with Gasteiger partial charge in [0.1, 0.15) is 23.9 Å². The molecule has 3 amide bonds. The number of amides is 3. The van der Waals surface area contributed by atoms with E-state index in [4.69, 9.17) is 5.11 Å². The second-order valence-corrected chi connectivity index (χ2v) is 10.1. The Morgan fingerprint density at radius 3 is 2.49 bits per heavy atom. The third-order valence-electron chi connectivity index (χ3n) is 7.23. The number of carbonyl (C=O) groups excluding carboxylic acids is 3. The van der Waals surface area contributed by atoms with E-state index < -0.39 is 29.9 Å². The highest BCUT2D eigenvalue weighted by molar-refractivity contribution is 6.09. The summed E-state index contributed by atoms with van der Waals surface area (Å²) in [5, 5.41) is 17.4. The molecule has 2 heterocycles. The number of imidazole rings is 1. The summed E-state index contributed by atoms with van der Waals surface area (Å²) < 4.78 is 28.6. The van der Waals surface area contributed by atoms with Crippen LogP contribution in [0.3, 0.4) is 0 Å². The number of nitrogens with zero attached hydrogens (tertiary/aromatic N) is 2. The summed E-state index contributed by atoms with van der Waals surface area (Å²) in [7, 11) is 1.48. The summed E-state index contributed by atoms with van der Waals surface area (Å²) in [4.78, 5) is 47.0. The Balaban J connectivity index is 1.33. The molecule has 12 heteroatoms. The lowest BCUT2D eigenvalue weighted by Crippen LogP contribution is -2.30. The number of nitrogens with one attached hydrogen (secondary N) is 4. The van der Waals surface area contributed by atoms with Gasteiger partial charge in [0.25, 0.3) is 5.91 Å². The molecule has 222 valence electrons. The molecule has 0 fully saturated rings. The maximum absolute atomic E-state index is 15.4. The van der Waals surface area contributed by atoms with Gasteiger partial charge in [-0.3, -0.25) is 14.4 Å². The van der Waals surface area contributed by atoms with Crippen LogP contribution in [0, 0.1) is 18.6 Å². The largest absolute Gasteiger partial charge is 0.395 e. The predicted molar refractivity (Wildman–Crippen MR) is 157 cm³/mol. The van der Waals surface area contributed by atoms with Crippen molar-refractivity contribution in [2.75, 3.05) is 30.4 Å². The molecule has 3 aromatic carbocycles. The number of fused-ring (bicyclic) bond motifs is 1. The molecule has 0 spiro atoms. The van der Waals surface area contributed by atoms with Crippen molar-refractivity contribution >= 4 is 29.1 Å². The van der Waals surface area contributed by atoms with Crippen molar-refractivity contribution in [2.24, 2.45) is 0 Å². The van der Waals surface area contributed by atoms with Crippen LogP contribution >= 0.6 is 0 Å². The third kappa shape index (κ3) is 6.30. The van der Waals surface area contributed by atoms with Gasteiger partial charge in [0.2, 0.25) is 11.8 Å². The number of aromatic nitrogens is 2. The van der Waals surface area contributed by atoms with Crippen LogP contribution in [-0.4, -0.2) is 53.0 Å². The third-order valence-corrected chi connectivity index (χ3v) is 7.23. The van der Waals surface area contributed by atoms with E-state index in [2.05, 4.69) is 25.9 Å². The van der Waals surface area contributed by atoms with Gasteiger partial charge in [0.05, 0.1) is 17.9 Å². The Labute approximate surface area is 246 Å². The summed E-state index contributed by atoms with van der Waals surface area (Å²) >= 11 is 0. The molecule has 5 N–H and O–H groups in total. The van der Waals surface area contributed by atoms with Crippen LogP contribution in [0.1, 0.15) is 33.7 Å². The lowest BCUT2D eigenvalue weighted by atomic mass is 9.92. The fourth-order valence-electron chi connectivity index (χ4n) is 4.96. The minimum absolute atomic E-state index is 0.00546. The van der Waals surface area contributed by atoms with Crippen molar-refractivity contribution < 1.29 is 28.3 Å². The number of benzene rings is 3. The molecule has 43 heavy (non-hydrogen) atoms. The van der Waals surface area contributed by atoms with Gasteiger partial charge in [-0.05, 0) is 66.6 Å².